The minimum Gasteiger partial charge on any atom is -0.510 e. The first-order chi connectivity index (χ1) is 7.63. The molecule has 0 amide bonds. The highest BCUT2D eigenvalue weighted by atomic mass is 79.9. The fraction of sp³-hybridized carbons (Fsp3) is 0.167. The van der Waals surface area contributed by atoms with Gasteiger partial charge in [0.05, 0.1) is 10.2 Å². The molecule has 2 rings (SSSR count). The molecule has 0 saturated heterocycles. The highest BCUT2D eigenvalue weighted by molar-refractivity contribution is 9.10. The Morgan fingerprint density at radius 1 is 1.38 bits per heavy atom. The first kappa shape index (κ1) is 11.5. The minimum absolute atomic E-state index is 0.176. The summed E-state index contributed by atoms with van der Waals surface area (Å²) >= 11 is 4.70. The zero-order valence-corrected chi connectivity index (χ0v) is 10.9. The van der Waals surface area contributed by atoms with E-state index < -0.39 is 0 Å². The van der Waals surface area contributed by atoms with Gasteiger partial charge in [-0.3, -0.25) is 0 Å². The van der Waals surface area contributed by atoms with Crippen molar-refractivity contribution < 1.29 is 9.90 Å². The molecule has 1 aliphatic heterocycles. The van der Waals surface area contributed by atoms with Crippen LogP contribution in [0.3, 0.4) is 0 Å². The SMILES string of the molecule is CC1=C(O)C(c2ccc(Br)cc2)SC1=C=O. The van der Waals surface area contributed by atoms with Gasteiger partial charge in [-0.15, -0.1) is 0 Å². The van der Waals surface area contributed by atoms with E-state index in [0.717, 1.165) is 10.0 Å². The van der Waals surface area contributed by atoms with E-state index >= 15 is 0 Å². The maximum Gasteiger partial charge on any atom is 0.139 e. The third-order valence-corrected chi connectivity index (χ3v) is 4.36. The van der Waals surface area contributed by atoms with E-state index in [0.29, 0.717) is 10.5 Å². The van der Waals surface area contributed by atoms with Crippen LogP contribution in [0, 0.1) is 0 Å². The van der Waals surface area contributed by atoms with Crippen molar-refractivity contribution in [3.05, 3.63) is 50.5 Å². The number of aliphatic hydroxyl groups excluding tert-OH is 1. The van der Waals surface area contributed by atoms with Crippen molar-refractivity contribution in [2.24, 2.45) is 0 Å². The standard InChI is InChI=1S/C12H9BrO2S/c1-7-10(6-14)16-12(11(7)15)8-2-4-9(13)5-3-8/h2-5,12,15H,1H3. The monoisotopic (exact) mass is 296 g/mol. The second-order valence-corrected chi connectivity index (χ2v) is 5.52. The molecule has 1 aromatic rings. The molecule has 0 radical (unpaired) electrons. The van der Waals surface area contributed by atoms with Crippen molar-refractivity contribution in [3.8, 4) is 0 Å². The summed E-state index contributed by atoms with van der Waals surface area (Å²) in [5.74, 6) is 2.11. The van der Waals surface area contributed by atoms with Gasteiger partial charge in [-0.2, -0.15) is 0 Å². The van der Waals surface area contributed by atoms with E-state index in [4.69, 9.17) is 0 Å². The Balaban J connectivity index is 2.39. The minimum atomic E-state index is -0.176. The van der Waals surface area contributed by atoms with Gasteiger partial charge in [-0.05, 0) is 24.6 Å². The fourth-order valence-electron chi connectivity index (χ4n) is 1.54. The van der Waals surface area contributed by atoms with Gasteiger partial charge in [0.1, 0.15) is 11.7 Å². The molecule has 1 unspecified atom stereocenters. The van der Waals surface area contributed by atoms with E-state index in [2.05, 4.69) is 15.9 Å². The van der Waals surface area contributed by atoms with Gasteiger partial charge in [0.25, 0.3) is 0 Å². The number of carbonyl (C=O) groups excluding carboxylic acids is 1. The Hall–Kier alpha value is -0.960. The number of allylic oxidation sites excluding steroid dienone is 1. The molecule has 1 atom stereocenters. The van der Waals surface area contributed by atoms with Crippen LogP contribution in [0.2, 0.25) is 0 Å². The number of hydrogen-bond acceptors (Lipinski definition) is 3. The molecule has 16 heavy (non-hydrogen) atoms. The van der Waals surface area contributed by atoms with Crippen molar-refractivity contribution in [1.29, 1.82) is 0 Å². The van der Waals surface area contributed by atoms with E-state index in [1.165, 1.54) is 11.8 Å². The molecular formula is C12H9BrO2S. The van der Waals surface area contributed by atoms with Crippen molar-refractivity contribution in [2.75, 3.05) is 0 Å². The van der Waals surface area contributed by atoms with Crippen LogP contribution in [0.4, 0.5) is 0 Å². The van der Waals surface area contributed by atoms with Gasteiger partial charge >= 0.3 is 0 Å². The lowest BCUT2D eigenvalue weighted by atomic mass is 10.1. The molecule has 1 aliphatic rings. The molecule has 1 aromatic carbocycles. The van der Waals surface area contributed by atoms with Crippen molar-refractivity contribution in [3.63, 3.8) is 0 Å². The number of halogens is 1. The maximum absolute atomic E-state index is 10.7. The van der Waals surface area contributed by atoms with Crippen LogP contribution >= 0.6 is 27.7 Å². The van der Waals surface area contributed by atoms with Crippen LogP contribution in [0.25, 0.3) is 0 Å². The highest BCUT2D eigenvalue weighted by Gasteiger charge is 2.29. The first-order valence-electron chi connectivity index (χ1n) is 4.71. The van der Waals surface area contributed by atoms with Gasteiger partial charge in [0.15, 0.2) is 0 Å². The van der Waals surface area contributed by atoms with E-state index in [-0.39, 0.29) is 11.0 Å². The Labute approximate surface area is 106 Å². The van der Waals surface area contributed by atoms with Crippen LogP contribution < -0.4 is 0 Å². The number of aliphatic hydroxyl groups is 1. The lowest BCUT2D eigenvalue weighted by molar-refractivity contribution is 0.393. The third kappa shape index (κ3) is 1.96. The van der Waals surface area contributed by atoms with Gasteiger partial charge in [-0.25, -0.2) is 4.79 Å². The summed E-state index contributed by atoms with van der Waals surface area (Å²) in [7, 11) is 0. The molecule has 4 heteroatoms. The van der Waals surface area contributed by atoms with Crippen LogP contribution in [-0.2, 0) is 4.79 Å². The summed E-state index contributed by atoms with van der Waals surface area (Å²) in [6, 6.07) is 7.69. The molecule has 2 nitrogen and oxygen atoms in total. The van der Waals surface area contributed by atoms with Crippen LogP contribution in [0.5, 0.6) is 0 Å². The smallest absolute Gasteiger partial charge is 0.139 e. The van der Waals surface area contributed by atoms with E-state index in [1.807, 2.05) is 30.2 Å². The maximum atomic E-state index is 10.7. The van der Waals surface area contributed by atoms with Crippen LogP contribution in [0.15, 0.2) is 45.0 Å². The number of rotatable bonds is 1. The lowest BCUT2D eigenvalue weighted by Crippen LogP contribution is -1.93. The van der Waals surface area contributed by atoms with Gasteiger partial charge in [0.2, 0.25) is 0 Å². The number of thioether (sulfide) groups is 1. The Morgan fingerprint density at radius 2 is 2.00 bits per heavy atom. The molecule has 0 saturated carbocycles. The topological polar surface area (TPSA) is 37.3 Å². The molecule has 0 spiro atoms. The highest BCUT2D eigenvalue weighted by Crippen LogP contribution is 2.48. The van der Waals surface area contributed by atoms with Gasteiger partial charge in [-0.1, -0.05) is 39.8 Å². The average molecular weight is 297 g/mol. The summed E-state index contributed by atoms with van der Waals surface area (Å²) < 4.78 is 0.991. The average Bonchev–Trinajstić information content (AvgIpc) is 2.57. The molecule has 0 aliphatic carbocycles. The molecule has 1 heterocycles. The lowest BCUT2D eigenvalue weighted by Gasteiger charge is -2.09. The van der Waals surface area contributed by atoms with Crippen LogP contribution in [-0.4, -0.2) is 11.0 Å². The Kier molecular flexibility index (Phi) is 3.24. The first-order valence-corrected chi connectivity index (χ1v) is 6.38. The zero-order chi connectivity index (χ0) is 11.7. The zero-order valence-electron chi connectivity index (χ0n) is 8.53. The fourth-order valence-corrected chi connectivity index (χ4v) is 2.95. The Morgan fingerprint density at radius 3 is 2.50 bits per heavy atom. The summed E-state index contributed by atoms with van der Waals surface area (Å²) in [6.07, 6.45) is 0. The molecule has 0 fully saturated rings. The molecule has 1 N–H and O–H groups in total. The largest absolute Gasteiger partial charge is 0.510 e. The van der Waals surface area contributed by atoms with Gasteiger partial charge < -0.3 is 5.11 Å². The predicted octanol–water partition coefficient (Wildman–Crippen LogP) is 3.78. The molecule has 0 aromatic heterocycles. The summed E-state index contributed by atoms with van der Waals surface area (Å²) in [6.45, 7) is 1.74. The van der Waals surface area contributed by atoms with Crippen molar-refractivity contribution >= 4 is 33.6 Å². The third-order valence-electron chi connectivity index (χ3n) is 2.47. The summed E-state index contributed by atoms with van der Waals surface area (Å²) in [5.41, 5.74) is 1.61. The van der Waals surface area contributed by atoms with E-state index in [1.54, 1.807) is 6.92 Å². The van der Waals surface area contributed by atoms with Crippen molar-refractivity contribution in [1.82, 2.24) is 0 Å². The Bertz CT molecular complexity index is 498. The molecule has 82 valence electrons. The molecule has 0 bridgehead atoms. The number of benzene rings is 1. The molecular weight excluding hydrogens is 288 g/mol. The van der Waals surface area contributed by atoms with Gasteiger partial charge in [0, 0.05) is 10.0 Å². The quantitative estimate of drug-likeness (QED) is 0.801. The second kappa shape index (κ2) is 4.50. The second-order valence-electron chi connectivity index (χ2n) is 3.49. The normalized spacial score (nSPS) is 20.1. The predicted molar refractivity (Wildman–Crippen MR) is 69.0 cm³/mol. The van der Waals surface area contributed by atoms with Crippen LogP contribution in [0.1, 0.15) is 17.7 Å². The number of hydrogen-bond donors (Lipinski definition) is 1. The summed E-state index contributed by atoms with van der Waals surface area (Å²) in [4.78, 5) is 11.1. The van der Waals surface area contributed by atoms with E-state index in [9.17, 15) is 9.90 Å². The summed E-state index contributed by atoms with van der Waals surface area (Å²) in [5, 5.41) is 9.75. The van der Waals surface area contributed by atoms with Crippen molar-refractivity contribution in [2.45, 2.75) is 12.2 Å².